The van der Waals surface area contributed by atoms with E-state index in [9.17, 15) is 14.7 Å². The number of rotatable bonds is 5. The van der Waals surface area contributed by atoms with Gasteiger partial charge in [-0.1, -0.05) is 0 Å². The molecule has 3 rings (SSSR count). The molecule has 2 aromatic heterocycles. The molecule has 3 heterocycles. The van der Waals surface area contributed by atoms with Crippen LogP contribution in [0.5, 0.6) is 0 Å². The molecule has 2 aromatic rings. The normalized spacial score (nSPS) is 19.9. The van der Waals surface area contributed by atoms with Crippen LogP contribution in [0.1, 0.15) is 45.4 Å². The predicted octanol–water partition coefficient (Wildman–Crippen LogP) is -3.00. The largest absolute Gasteiger partial charge is 1.00 e. The van der Waals surface area contributed by atoms with Gasteiger partial charge in [-0.05, 0) is 44.5 Å². The van der Waals surface area contributed by atoms with Gasteiger partial charge >= 0.3 is 51.4 Å². The summed E-state index contributed by atoms with van der Waals surface area (Å²) in [7, 11) is 4.07. The van der Waals surface area contributed by atoms with E-state index in [2.05, 4.69) is 27.2 Å². The van der Waals surface area contributed by atoms with Crippen molar-refractivity contribution in [2.75, 3.05) is 20.1 Å². The van der Waals surface area contributed by atoms with Gasteiger partial charge in [-0.25, -0.2) is 4.98 Å². The number of hydrogen-bond donors (Lipinski definition) is 1. The van der Waals surface area contributed by atoms with Gasteiger partial charge in [0.05, 0.1) is 35.3 Å². The number of hydrogen-bond acceptors (Lipinski definition) is 6. The zero-order valence-electron chi connectivity index (χ0n) is 15.9. The van der Waals surface area contributed by atoms with Crippen molar-refractivity contribution >= 4 is 11.9 Å². The third-order valence-electron chi connectivity index (χ3n) is 4.92. The summed E-state index contributed by atoms with van der Waals surface area (Å²) in [5, 5.41) is 13.7. The van der Waals surface area contributed by atoms with Crippen LogP contribution < -0.4 is 61.8 Å². The van der Waals surface area contributed by atoms with Crippen molar-refractivity contribution in [1.82, 2.24) is 24.8 Å². The number of carboxylic acid groups (broad SMARTS) is 1. The summed E-state index contributed by atoms with van der Waals surface area (Å²) in [5.74, 6) is -1.36. The molecular formula is C18H22KN5O3. The van der Waals surface area contributed by atoms with Gasteiger partial charge in [-0.2, -0.15) is 0 Å². The predicted molar refractivity (Wildman–Crippen MR) is 92.2 cm³/mol. The number of nitrogens with zero attached hydrogens (tertiary/aromatic N) is 4. The molecule has 2 atom stereocenters. The monoisotopic (exact) mass is 395 g/mol. The third kappa shape index (κ3) is 5.24. The van der Waals surface area contributed by atoms with Crippen LogP contribution in [0.15, 0.2) is 30.9 Å². The standard InChI is InChI=1S/C18H23N5O3.K/c1-22-7-3-4-12(16(22)15-10-19-11-23(15)2)8-21-17(24)13-5-6-14(18(25)26)20-9-13;/h5-6,9-12,16H,3-4,7-8H2,1-2H3,(H,21,24)(H,25,26);/q;+1/p-1/t12-,16+;/m0./s1. The molecule has 1 N–H and O–H groups in total. The van der Waals surface area contributed by atoms with Crippen LogP contribution in [-0.2, 0) is 7.05 Å². The summed E-state index contributed by atoms with van der Waals surface area (Å²) in [4.78, 5) is 33.3. The Hall–Kier alpha value is -1.10. The van der Waals surface area contributed by atoms with Crippen molar-refractivity contribution in [3.05, 3.63) is 47.8 Å². The number of carboxylic acids is 1. The van der Waals surface area contributed by atoms with Gasteiger partial charge < -0.3 is 19.8 Å². The Morgan fingerprint density at radius 3 is 2.67 bits per heavy atom. The van der Waals surface area contributed by atoms with Gasteiger partial charge in [0.1, 0.15) is 0 Å². The van der Waals surface area contributed by atoms with E-state index in [1.54, 1.807) is 6.33 Å². The molecule has 9 heteroatoms. The van der Waals surface area contributed by atoms with Crippen LogP contribution in [0.4, 0.5) is 0 Å². The fraction of sp³-hybridized carbons (Fsp3) is 0.444. The second kappa shape index (κ2) is 9.90. The van der Waals surface area contributed by atoms with Crippen molar-refractivity contribution in [3.8, 4) is 0 Å². The van der Waals surface area contributed by atoms with Crippen molar-refractivity contribution in [2.45, 2.75) is 18.9 Å². The molecular weight excluding hydrogens is 373 g/mol. The Morgan fingerprint density at radius 1 is 1.30 bits per heavy atom. The number of carbonyl (C=O) groups excluding carboxylic acids is 2. The molecule has 1 saturated heterocycles. The van der Waals surface area contributed by atoms with E-state index in [0.717, 1.165) is 25.1 Å². The summed E-state index contributed by atoms with van der Waals surface area (Å²) < 4.78 is 2.02. The number of aromatic nitrogens is 3. The van der Waals surface area contributed by atoms with E-state index in [-0.39, 0.29) is 74.9 Å². The molecule has 138 valence electrons. The fourth-order valence-corrected chi connectivity index (χ4v) is 3.57. The van der Waals surface area contributed by atoms with Crippen LogP contribution >= 0.6 is 0 Å². The number of piperidine rings is 1. The molecule has 0 spiro atoms. The van der Waals surface area contributed by atoms with Crippen molar-refractivity contribution < 1.29 is 66.1 Å². The fourth-order valence-electron chi connectivity index (χ4n) is 3.57. The number of amides is 1. The minimum Gasteiger partial charge on any atom is -0.543 e. The molecule has 0 bridgehead atoms. The molecule has 1 amide bonds. The minimum atomic E-state index is -1.36. The van der Waals surface area contributed by atoms with Gasteiger partial charge in [-0.3, -0.25) is 14.7 Å². The first-order valence-electron chi connectivity index (χ1n) is 8.59. The molecule has 0 unspecified atom stereocenters. The Balaban J connectivity index is 0.00000261. The zero-order valence-corrected chi connectivity index (χ0v) is 19.0. The first kappa shape index (κ1) is 22.2. The summed E-state index contributed by atoms with van der Waals surface area (Å²) in [6, 6.07) is 2.91. The third-order valence-corrected chi connectivity index (χ3v) is 4.92. The number of carbonyl (C=O) groups is 2. The first-order chi connectivity index (χ1) is 12.5. The SMILES string of the molecule is CN1CCC[C@@H](CNC(=O)c2ccc(C(=O)[O-])nc2)[C@@H]1c1cncn1C.[K+]. The van der Waals surface area contributed by atoms with Crippen molar-refractivity contribution in [1.29, 1.82) is 0 Å². The maximum Gasteiger partial charge on any atom is 1.00 e. The van der Waals surface area contributed by atoms with E-state index in [0.29, 0.717) is 12.1 Å². The number of aromatic carboxylic acids is 1. The van der Waals surface area contributed by atoms with Crippen LogP contribution in [0, 0.1) is 5.92 Å². The molecule has 0 saturated carbocycles. The molecule has 8 nitrogen and oxygen atoms in total. The molecule has 0 radical (unpaired) electrons. The van der Waals surface area contributed by atoms with Crippen molar-refractivity contribution in [3.63, 3.8) is 0 Å². The van der Waals surface area contributed by atoms with E-state index in [1.807, 2.05) is 17.8 Å². The average Bonchev–Trinajstić information content (AvgIpc) is 3.05. The van der Waals surface area contributed by atoms with Gasteiger partial charge in [0.15, 0.2) is 0 Å². The Kier molecular flexibility index (Phi) is 8.14. The van der Waals surface area contributed by atoms with Crippen LogP contribution in [0.2, 0.25) is 0 Å². The maximum atomic E-state index is 12.4. The molecule has 1 aliphatic rings. The summed E-state index contributed by atoms with van der Waals surface area (Å²) in [5.41, 5.74) is 1.27. The molecule has 27 heavy (non-hydrogen) atoms. The second-order valence-corrected chi connectivity index (χ2v) is 6.69. The number of imidazole rings is 1. The van der Waals surface area contributed by atoms with Crippen molar-refractivity contribution in [2.24, 2.45) is 13.0 Å². The van der Waals surface area contributed by atoms with Gasteiger partial charge in [-0.15, -0.1) is 0 Å². The van der Waals surface area contributed by atoms with Crippen LogP contribution in [0.25, 0.3) is 0 Å². The molecule has 1 fully saturated rings. The number of likely N-dealkylation sites (tertiary alicyclic amines) is 1. The maximum absolute atomic E-state index is 12.4. The summed E-state index contributed by atoms with van der Waals surface area (Å²) >= 11 is 0. The second-order valence-electron chi connectivity index (χ2n) is 6.69. The Labute approximate surface area is 200 Å². The summed E-state index contributed by atoms with van der Waals surface area (Å²) in [6.07, 6.45) is 7.02. The van der Waals surface area contributed by atoms with E-state index >= 15 is 0 Å². The van der Waals surface area contributed by atoms with Crippen LogP contribution in [0.3, 0.4) is 0 Å². The molecule has 0 aliphatic carbocycles. The number of pyridine rings is 1. The van der Waals surface area contributed by atoms with E-state index in [4.69, 9.17) is 0 Å². The van der Waals surface area contributed by atoms with Gasteiger partial charge in [0.25, 0.3) is 5.91 Å². The Bertz CT molecular complexity index is 793. The first-order valence-corrected chi connectivity index (χ1v) is 8.59. The quantitative estimate of drug-likeness (QED) is 0.541. The summed E-state index contributed by atoms with van der Waals surface area (Å²) in [6.45, 7) is 1.54. The topological polar surface area (TPSA) is 103 Å². The number of aryl methyl sites for hydroxylation is 1. The molecule has 1 aliphatic heterocycles. The molecule has 0 aromatic carbocycles. The van der Waals surface area contributed by atoms with Gasteiger partial charge in [0.2, 0.25) is 0 Å². The number of nitrogens with one attached hydrogen (secondary N) is 1. The van der Waals surface area contributed by atoms with E-state index in [1.165, 1.54) is 18.3 Å². The van der Waals surface area contributed by atoms with Gasteiger partial charge in [0, 0.05) is 26.0 Å². The average molecular weight is 396 g/mol. The van der Waals surface area contributed by atoms with E-state index < -0.39 is 5.97 Å². The Morgan fingerprint density at radius 2 is 2.07 bits per heavy atom. The van der Waals surface area contributed by atoms with Crippen LogP contribution in [-0.4, -0.2) is 51.4 Å². The zero-order chi connectivity index (χ0) is 18.7. The minimum absolute atomic E-state index is 0. The smallest absolute Gasteiger partial charge is 0.543 e.